The van der Waals surface area contributed by atoms with Gasteiger partial charge >= 0.3 is 11.9 Å². The van der Waals surface area contributed by atoms with Gasteiger partial charge in [0.05, 0.1) is 6.42 Å². The third-order valence-electron chi connectivity index (χ3n) is 6.76. The van der Waals surface area contributed by atoms with E-state index in [1.165, 1.54) is 0 Å². The molecule has 1 aliphatic heterocycles. The van der Waals surface area contributed by atoms with E-state index in [0.717, 1.165) is 46.7 Å². The van der Waals surface area contributed by atoms with E-state index < -0.39 is 18.0 Å². The van der Waals surface area contributed by atoms with E-state index in [-0.39, 0.29) is 23.3 Å². The van der Waals surface area contributed by atoms with Crippen LogP contribution in [-0.2, 0) is 16.1 Å². The summed E-state index contributed by atoms with van der Waals surface area (Å²) >= 11 is 3.49. The number of benzene rings is 1. The van der Waals surface area contributed by atoms with E-state index in [9.17, 15) is 14.7 Å². The van der Waals surface area contributed by atoms with Crippen LogP contribution in [0.1, 0.15) is 58.1 Å². The van der Waals surface area contributed by atoms with Crippen LogP contribution in [0.15, 0.2) is 28.9 Å². The first-order valence-electron chi connectivity index (χ1n) is 10.5. The van der Waals surface area contributed by atoms with Gasteiger partial charge in [-0.2, -0.15) is 0 Å². The first-order valence-corrected chi connectivity index (χ1v) is 11.3. The fourth-order valence-corrected chi connectivity index (χ4v) is 6.52. The van der Waals surface area contributed by atoms with E-state index in [2.05, 4.69) is 41.6 Å². The van der Waals surface area contributed by atoms with Gasteiger partial charge in [0.15, 0.2) is 0 Å². The molecule has 1 aromatic heterocycles. The second-order valence-corrected chi connectivity index (χ2v) is 11.1. The summed E-state index contributed by atoms with van der Waals surface area (Å²) in [5.74, 6) is -1.71. The molecule has 162 valence electrons. The molecule has 3 atom stereocenters. The predicted molar refractivity (Wildman–Crippen MR) is 119 cm³/mol. The SMILES string of the molecule is CC1(C)C[C@@H]2C[C@@](C)(CN2[C@H](C(=O)O)c2cn(CCC(=O)O)c3cc(Br)ccc23)C1. The molecule has 1 aromatic carbocycles. The van der Waals surface area contributed by atoms with Crippen molar-refractivity contribution in [1.82, 2.24) is 9.47 Å². The maximum absolute atomic E-state index is 12.6. The van der Waals surface area contributed by atoms with Gasteiger partial charge in [-0.15, -0.1) is 0 Å². The van der Waals surface area contributed by atoms with Gasteiger partial charge in [0.1, 0.15) is 6.04 Å². The minimum Gasteiger partial charge on any atom is -0.481 e. The molecule has 2 heterocycles. The molecule has 2 N–H and O–H groups in total. The lowest BCUT2D eigenvalue weighted by atomic mass is 9.65. The Labute approximate surface area is 185 Å². The van der Waals surface area contributed by atoms with E-state index >= 15 is 0 Å². The highest BCUT2D eigenvalue weighted by Crippen LogP contribution is 2.54. The zero-order chi connectivity index (χ0) is 21.8. The van der Waals surface area contributed by atoms with Crippen molar-refractivity contribution in [1.29, 1.82) is 0 Å². The molecule has 0 spiro atoms. The van der Waals surface area contributed by atoms with Crippen LogP contribution in [0.4, 0.5) is 0 Å². The van der Waals surface area contributed by atoms with Crippen LogP contribution in [-0.4, -0.2) is 44.2 Å². The smallest absolute Gasteiger partial charge is 0.325 e. The summed E-state index contributed by atoms with van der Waals surface area (Å²) in [5, 5.41) is 20.3. The number of carboxylic acids is 2. The Morgan fingerprint density at radius 1 is 1.23 bits per heavy atom. The monoisotopic (exact) mass is 476 g/mol. The van der Waals surface area contributed by atoms with Crippen molar-refractivity contribution >= 4 is 38.8 Å². The number of hydrogen-bond acceptors (Lipinski definition) is 3. The largest absolute Gasteiger partial charge is 0.481 e. The van der Waals surface area contributed by atoms with Crippen molar-refractivity contribution in [3.05, 3.63) is 34.4 Å². The number of aliphatic carboxylic acids is 2. The molecule has 6 nitrogen and oxygen atoms in total. The number of aromatic nitrogens is 1. The molecule has 2 aliphatic rings. The number of carboxylic acid groups (broad SMARTS) is 2. The summed E-state index contributed by atoms with van der Waals surface area (Å²) in [6.45, 7) is 7.93. The molecule has 2 aromatic rings. The topological polar surface area (TPSA) is 82.8 Å². The molecule has 0 amide bonds. The zero-order valence-electron chi connectivity index (χ0n) is 17.7. The third-order valence-corrected chi connectivity index (χ3v) is 7.25. The number of rotatable bonds is 6. The highest BCUT2D eigenvalue weighted by Gasteiger charge is 2.52. The van der Waals surface area contributed by atoms with Crippen LogP contribution >= 0.6 is 15.9 Å². The van der Waals surface area contributed by atoms with Gasteiger partial charge in [0.2, 0.25) is 0 Å². The number of hydrogen-bond donors (Lipinski definition) is 2. The Bertz CT molecular complexity index is 1010. The first-order chi connectivity index (χ1) is 14.0. The Kier molecular flexibility index (Phi) is 5.26. The van der Waals surface area contributed by atoms with Crippen molar-refractivity contribution in [2.75, 3.05) is 6.54 Å². The van der Waals surface area contributed by atoms with Gasteiger partial charge in [-0.05, 0) is 42.2 Å². The van der Waals surface area contributed by atoms with Crippen LogP contribution in [0.25, 0.3) is 10.9 Å². The second-order valence-electron chi connectivity index (χ2n) is 10.2. The molecule has 4 rings (SSSR count). The predicted octanol–water partition coefficient (Wildman–Crippen LogP) is 4.90. The maximum Gasteiger partial charge on any atom is 0.325 e. The van der Waals surface area contributed by atoms with Gasteiger partial charge in [-0.1, -0.05) is 42.8 Å². The standard InChI is InChI=1S/C23H29BrN2O4/c1-22(2)9-15-10-23(3,12-22)13-26(15)20(21(29)30)17-11-25(7-6-19(27)28)18-8-14(24)4-5-16(17)18/h4-5,8,11,15,20H,6-7,9-10,12-13H2,1-3H3,(H,27,28)(H,29,30)/t15-,20+,23-/m1/s1. The van der Waals surface area contributed by atoms with Crippen molar-refractivity contribution in [3.63, 3.8) is 0 Å². The summed E-state index contributed by atoms with van der Waals surface area (Å²) < 4.78 is 2.77. The molecule has 7 heteroatoms. The lowest BCUT2D eigenvalue weighted by Gasteiger charge is -2.40. The lowest BCUT2D eigenvalue weighted by molar-refractivity contribution is -0.144. The lowest BCUT2D eigenvalue weighted by Crippen LogP contribution is -2.39. The van der Waals surface area contributed by atoms with Crippen LogP contribution in [0.2, 0.25) is 0 Å². The molecule has 2 fully saturated rings. The summed E-state index contributed by atoms with van der Waals surface area (Å²) in [6, 6.07) is 5.30. The summed E-state index contributed by atoms with van der Waals surface area (Å²) in [5.41, 5.74) is 1.95. The quantitative estimate of drug-likeness (QED) is 0.618. The van der Waals surface area contributed by atoms with Crippen LogP contribution in [0.5, 0.6) is 0 Å². The molecule has 1 saturated heterocycles. The fourth-order valence-electron chi connectivity index (χ4n) is 6.17. The Morgan fingerprint density at radius 2 is 1.97 bits per heavy atom. The molecule has 0 unspecified atom stereocenters. The summed E-state index contributed by atoms with van der Waals surface area (Å²) in [6.07, 6.45) is 4.98. The minimum absolute atomic E-state index is 0.00787. The Balaban J connectivity index is 1.79. The third kappa shape index (κ3) is 3.89. The molecular weight excluding hydrogens is 448 g/mol. The average molecular weight is 477 g/mol. The van der Waals surface area contributed by atoms with E-state index in [1.807, 2.05) is 29.0 Å². The number of fused-ring (bicyclic) bond motifs is 3. The average Bonchev–Trinajstić information content (AvgIpc) is 3.06. The summed E-state index contributed by atoms with van der Waals surface area (Å²) in [4.78, 5) is 25.9. The highest BCUT2D eigenvalue weighted by molar-refractivity contribution is 9.10. The number of likely N-dealkylation sites (tertiary alicyclic amines) is 1. The number of carbonyl (C=O) groups is 2. The summed E-state index contributed by atoms with van der Waals surface area (Å²) in [7, 11) is 0. The van der Waals surface area contributed by atoms with Gasteiger partial charge in [-0.25, -0.2) is 0 Å². The van der Waals surface area contributed by atoms with Crippen molar-refractivity contribution in [3.8, 4) is 0 Å². The molecule has 1 saturated carbocycles. The second kappa shape index (κ2) is 7.38. The van der Waals surface area contributed by atoms with Crippen molar-refractivity contribution in [2.45, 2.75) is 65.1 Å². The van der Waals surface area contributed by atoms with Crippen LogP contribution in [0, 0.1) is 10.8 Å². The van der Waals surface area contributed by atoms with Crippen LogP contribution in [0.3, 0.4) is 0 Å². The fraction of sp³-hybridized carbons (Fsp3) is 0.565. The van der Waals surface area contributed by atoms with Crippen molar-refractivity contribution < 1.29 is 19.8 Å². The number of nitrogens with zero attached hydrogens (tertiary/aromatic N) is 2. The van der Waals surface area contributed by atoms with Crippen LogP contribution < -0.4 is 0 Å². The molecule has 2 bridgehead atoms. The maximum atomic E-state index is 12.6. The number of halogens is 1. The number of aryl methyl sites for hydroxylation is 1. The molecule has 0 radical (unpaired) electrons. The zero-order valence-corrected chi connectivity index (χ0v) is 19.3. The van der Waals surface area contributed by atoms with E-state index in [1.54, 1.807) is 0 Å². The van der Waals surface area contributed by atoms with Gasteiger partial charge in [0.25, 0.3) is 0 Å². The Hall–Kier alpha value is -1.86. The Morgan fingerprint density at radius 3 is 2.63 bits per heavy atom. The molecule has 30 heavy (non-hydrogen) atoms. The normalized spacial score (nSPS) is 26.7. The van der Waals surface area contributed by atoms with E-state index in [4.69, 9.17) is 5.11 Å². The van der Waals surface area contributed by atoms with Gasteiger partial charge < -0.3 is 14.8 Å². The van der Waals surface area contributed by atoms with Gasteiger partial charge in [-0.3, -0.25) is 14.5 Å². The molecular formula is C23H29BrN2O4. The molecule has 1 aliphatic carbocycles. The van der Waals surface area contributed by atoms with Crippen molar-refractivity contribution in [2.24, 2.45) is 10.8 Å². The first kappa shape index (κ1) is 21.4. The van der Waals surface area contributed by atoms with Gasteiger partial charge in [0, 0.05) is 46.3 Å². The minimum atomic E-state index is -0.869. The van der Waals surface area contributed by atoms with E-state index in [0.29, 0.717) is 6.54 Å². The highest BCUT2D eigenvalue weighted by atomic mass is 79.9.